The first-order valence-electron chi connectivity index (χ1n) is 6.02. The van der Waals surface area contributed by atoms with Gasteiger partial charge in [-0.15, -0.1) is 11.0 Å². The van der Waals surface area contributed by atoms with Crippen molar-refractivity contribution in [2.75, 3.05) is 0 Å². The summed E-state index contributed by atoms with van der Waals surface area (Å²) in [4.78, 5) is 11.3. The van der Waals surface area contributed by atoms with Crippen LogP contribution in [0.15, 0.2) is 30.5 Å². The molecule has 5 nitrogen and oxygen atoms in total. The van der Waals surface area contributed by atoms with Gasteiger partial charge in [0.1, 0.15) is 6.61 Å². The van der Waals surface area contributed by atoms with Gasteiger partial charge in [0, 0.05) is 30.4 Å². The van der Waals surface area contributed by atoms with Crippen molar-refractivity contribution < 1.29 is 14.6 Å². The Morgan fingerprint density at radius 3 is 2.85 bits per heavy atom. The summed E-state index contributed by atoms with van der Waals surface area (Å²) >= 11 is 0. The topological polar surface area (TPSA) is 64.3 Å². The van der Waals surface area contributed by atoms with E-state index in [-0.39, 0.29) is 12.2 Å². The molecule has 0 bridgehead atoms. The van der Waals surface area contributed by atoms with Crippen molar-refractivity contribution in [2.45, 2.75) is 13.5 Å². The molecule has 0 aliphatic carbocycles. The zero-order valence-corrected chi connectivity index (χ0v) is 11.3. The Morgan fingerprint density at radius 2 is 2.25 bits per heavy atom. The Kier molecular flexibility index (Phi) is 4.06. The van der Waals surface area contributed by atoms with Crippen molar-refractivity contribution in [1.29, 1.82) is 0 Å². The van der Waals surface area contributed by atoms with E-state index in [1.54, 1.807) is 49.1 Å². The van der Waals surface area contributed by atoms with Crippen LogP contribution in [0.1, 0.15) is 28.4 Å². The van der Waals surface area contributed by atoms with E-state index in [0.29, 0.717) is 17.0 Å². The largest absolute Gasteiger partial charge is 0.478 e. The molecular formula is C15H14N2O3. The second-order valence-corrected chi connectivity index (χ2v) is 4.13. The van der Waals surface area contributed by atoms with E-state index >= 15 is 0 Å². The minimum atomic E-state index is -0.996. The van der Waals surface area contributed by atoms with Crippen molar-refractivity contribution in [3.63, 3.8) is 0 Å². The highest BCUT2D eigenvalue weighted by atomic mass is 16.5. The van der Waals surface area contributed by atoms with E-state index < -0.39 is 5.97 Å². The summed E-state index contributed by atoms with van der Waals surface area (Å²) in [5.41, 5.74) is 1.41. The fourth-order valence-corrected chi connectivity index (χ4v) is 1.81. The van der Waals surface area contributed by atoms with E-state index in [1.807, 2.05) is 0 Å². The molecule has 0 atom stereocenters. The normalized spacial score (nSPS) is 9.70. The van der Waals surface area contributed by atoms with E-state index in [1.165, 1.54) is 0 Å². The van der Waals surface area contributed by atoms with Crippen LogP contribution >= 0.6 is 0 Å². The molecule has 20 heavy (non-hydrogen) atoms. The summed E-state index contributed by atoms with van der Waals surface area (Å²) in [5.74, 6) is 5.12. The van der Waals surface area contributed by atoms with Crippen LogP contribution in [-0.4, -0.2) is 20.9 Å². The molecule has 1 aromatic heterocycles. The zero-order valence-electron chi connectivity index (χ0n) is 11.3. The number of aryl methyl sites for hydroxylation is 1. The maximum atomic E-state index is 11.3. The molecule has 1 N–H and O–H groups in total. The van der Waals surface area contributed by atoms with E-state index in [0.717, 1.165) is 0 Å². The number of hydrogen-bond donors (Lipinski definition) is 1. The molecule has 5 heteroatoms. The van der Waals surface area contributed by atoms with Gasteiger partial charge in [-0.3, -0.25) is 4.68 Å². The third kappa shape index (κ3) is 2.98. The maximum absolute atomic E-state index is 11.3. The van der Waals surface area contributed by atoms with Crippen LogP contribution in [0.5, 0.6) is 5.88 Å². The van der Waals surface area contributed by atoms with E-state index in [2.05, 4.69) is 16.9 Å². The molecule has 0 unspecified atom stereocenters. The standard InChI is InChI=1S/C15H14N2O3/c1-3-5-11-6-4-7-12(15(18)19)13(11)10-20-14-8-9-17(2)16-14/h4,6-9H,10H2,1-2H3,(H,18,19). The van der Waals surface area contributed by atoms with Gasteiger partial charge in [-0.2, -0.15) is 0 Å². The van der Waals surface area contributed by atoms with Gasteiger partial charge >= 0.3 is 5.97 Å². The lowest BCUT2D eigenvalue weighted by Gasteiger charge is -2.09. The van der Waals surface area contributed by atoms with Crippen LogP contribution in [0.3, 0.4) is 0 Å². The lowest BCUT2D eigenvalue weighted by Crippen LogP contribution is -2.08. The second-order valence-electron chi connectivity index (χ2n) is 4.13. The summed E-state index contributed by atoms with van der Waals surface area (Å²) in [6.45, 7) is 1.82. The molecular weight excluding hydrogens is 256 g/mol. The Hall–Kier alpha value is -2.74. The molecule has 0 saturated carbocycles. The van der Waals surface area contributed by atoms with E-state index in [9.17, 15) is 9.90 Å². The second kappa shape index (κ2) is 5.93. The van der Waals surface area contributed by atoms with Gasteiger partial charge in [-0.25, -0.2) is 4.79 Å². The van der Waals surface area contributed by atoms with E-state index in [4.69, 9.17) is 4.74 Å². The fraction of sp³-hybridized carbons (Fsp3) is 0.200. The van der Waals surface area contributed by atoms with Gasteiger partial charge in [0.2, 0.25) is 5.88 Å². The lowest BCUT2D eigenvalue weighted by molar-refractivity contribution is 0.0693. The highest BCUT2D eigenvalue weighted by Crippen LogP contribution is 2.17. The van der Waals surface area contributed by atoms with Crippen LogP contribution in [0, 0.1) is 11.8 Å². The number of aromatic nitrogens is 2. The molecule has 0 fully saturated rings. The van der Waals surface area contributed by atoms with Crippen molar-refractivity contribution in [1.82, 2.24) is 9.78 Å². The predicted molar refractivity (Wildman–Crippen MR) is 73.5 cm³/mol. The van der Waals surface area contributed by atoms with Crippen LogP contribution < -0.4 is 4.74 Å². The van der Waals surface area contributed by atoms with Crippen molar-refractivity contribution in [3.8, 4) is 17.7 Å². The minimum Gasteiger partial charge on any atom is -0.478 e. The van der Waals surface area contributed by atoms with Gasteiger partial charge in [-0.05, 0) is 19.1 Å². The molecule has 1 heterocycles. The summed E-state index contributed by atoms with van der Waals surface area (Å²) in [5, 5.41) is 13.3. The zero-order chi connectivity index (χ0) is 14.5. The molecule has 0 amide bonds. The number of carboxylic acid groups (broad SMARTS) is 1. The number of ether oxygens (including phenoxy) is 1. The number of nitrogens with zero attached hydrogens (tertiary/aromatic N) is 2. The molecule has 0 spiro atoms. The smallest absolute Gasteiger partial charge is 0.336 e. The Bertz CT molecular complexity index is 693. The molecule has 1 aromatic carbocycles. The summed E-state index contributed by atoms with van der Waals surface area (Å²) in [7, 11) is 1.78. The molecule has 0 saturated heterocycles. The van der Waals surface area contributed by atoms with Gasteiger partial charge in [0.15, 0.2) is 0 Å². The Labute approximate surface area is 116 Å². The number of aromatic carboxylic acids is 1. The Morgan fingerprint density at radius 1 is 1.45 bits per heavy atom. The molecule has 2 aromatic rings. The fourth-order valence-electron chi connectivity index (χ4n) is 1.81. The lowest BCUT2D eigenvalue weighted by atomic mass is 10.0. The molecule has 0 aliphatic heterocycles. The first-order valence-corrected chi connectivity index (χ1v) is 6.02. The third-order valence-electron chi connectivity index (χ3n) is 2.72. The van der Waals surface area contributed by atoms with Crippen LogP contribution in [-0.2, 0) is 13.7 Å². The van der Waals surface area contributed by atoms with Gasteiger partial charge < -0.3 is 9.84 Å². The first kappa shape index (κ1) is 13.7. The highest BCUT2D eigenvalue weighted by molar-refractivity contribution is 5.90. The number of rotatable bonds is 4. The molecule has 102 valence electrons. The first-order chi connectivity index (χ1) is 9.61. The van der Waals surface area contributed by atoms with Crippen LogP contribution in [0.2, 0.25) is 0 Å². The van der Waals surface area contributed by atoms with Crippen molar-refractivity contribution in [3.05, 3.63) is 47.2 Å². The third-order valence-corrected chi connectivity index (χ3v) is 2.72. The van der Waals surface area contributed by atoms with Crippen LogP contribution in [0.4, 0.5) is 0 Å². The predicted octanol–water partition coefficient (Wildman–Crippen LogP) is 2.07. The van der Waals surface area contributed by atoms with Gasteiger partial charge in [0.05, 0.1) is 5.56 Å². The number of hydrogen-bond acceptors (Lipinski definition) is 3. The molecule has 2 rings (SSSR count). The maximum Gasteiger partial charge on any atom is 0.336 e. The summed E-state index contributed by atoms with van der Waals surface area (Å²) in [6, 6.07) is 6.71. The average molecular weight is 270 g/mol. The number of carboxylic acids is 1. The SMILES string of the molecule is CC#Cc1cccc(C(=O)O)c1COc1ccn(C)n1. The average Bonchev–Trinajstić information content (AvgIpc) is 2.83. The Balaban J connectivity index is 2.31. The quantitative estimate of drug-likeness (QED) is 0.864. The van der Waals surface area contributed by atoms with Crippen molar-refractivity contribution in [2.24, 2.45) is 7.05 Å². The monoisotopic (exact) mass is 270 g/mol. The molecule has 0 aliphatic rings. The van der Waals surface area contributed by atoms with Gasteiger partial charge in [-0.1, -0.05) is 12.0 Å². The minimum absolute atomic E-state index is 0.115. The highest BCUT2D eigenvalue weighted by Gasteiger charge is 2.14. The number of benzene rings is 1. The van der Waals surface area contributed by atoms with Crippen molar-refractivity contribution >= 4 is 5.97 Å². The van der Waals surface area contributed by atoms with Crippen LogP contribution in [0.25, 0.3) is 0 Å². The molecule has 0 radical (unpaired) electrons. The summed E-state index contributed by atoms with van der Waals surface area (Å²) in [6.07, 6.45) is 1.76. The number of carbonyl (C=O) groups is 1. The summed E-state index contributed by atoms with van der Waals surface area (Å²) < 4.78 is 7.14. The van der Waals surface area contributed by atoms with Gasteiger partial charge in [0.25, 0.3) is 0 Å².